The summed E-state index contributed by atoms with van der Waals surface area (Å²) >= 11 is 1.86. The number of carboxylic acids is 1. The summed E-state index contributed by atoms with van der Waals surface area (Å²) in [7, 11) is 0. The van der Waals surface area contributed by atoms with E-state index >= 15 is 0 Å². The van der Waals surface area contributed by atoms with E-state index in [0.29, 0.717) is 19.4 Å². The number of carbonyl (C=O) groups is 2. The zero-order chi connectivity index (χ0) is 15.6. The predicted octanol–water partition coefficient (Wildman–Crippen LogP) is 3.00. The van der Waals surface area contributed by atoms with Crippen LogP contribution in [0.5, 0.6) is 0 Å². The van der Waals surface area contributed by atoms with E-state index in [1.807, 2.05) is 11.8 Å². The highest BCUT2D eigenvalue weighted by Gasteiger charge is 2.40. The molecule has 0 heterocycles. The Morgan fingerprint density at radius 2 is 1.76 bits per heavy atom. The smallest absolute Gasteiger partial charge is 0.329 e. The number of urea groups is 1. The van der Waals surface area contributed by atoms with Crippen molar-refractivity contribution in [2.45, 2.75) is 63.3 Å². The summed E-state index contributed by atoms with van der Waals surface area (Å²) in [5.41, 5.74) is -1.05. The van der Waals surface area contributed by atoms with Gasteiger partial charge in [-0.15, -0.1) is 0 Å². The molecule has 3 N–H and O–H groups in total. The van der Waals surface area contributed by atoms with Crippen molar-refractivity contribution >= 4 is 23.8 Å². The van der Waals surface area contributed by atoms with E-state index in [9.17, 15) is 14.7 Å². The quantitative estimate of drug-likeness (QED) is 0.571. The van der Waals surface area contributed by atoms with Crippen LogP contribution in [0.3, 0.4) is 0 Å². The fraction of sp³-hybridized carbons (Fsp3) is 0.867. The molecule has 0 unspecified atom stereocenters. The van der Waals surface area contributed by atoms with Crippen LogP contribution in [0.15, 0.2) is 0 Å². The van der Waals surface area contributed by atoms with Crippen LogP contribution in [0.2, 0.25) is 0 Å². The van der Waals surface area contributed by atoms with Gasteiger partial charge >= 0.3 is 12.0 Å². The summed E-state index contributed by atoms with van der Waals surface area (Å²) < 4.78 is 0. The molecule has 0 saturated heterocycles. The predicted molar refractivity (Wildman–Crippen MR) is 86.8 cm³/mol. The van der Waals surface area contributed by atoms with E-state index < -0.39 is 11.5 Å². The molecule has 0 aromatic heterocycles. The molecule has 0 atom stereocenters. The second-order valence-corrected chi connectivity index (χ2v) is 6.72. The number of unbranched alkanes of at least 4 members (excludes halogenated alkanes) is 3. The Bertz CT molecular complexity index is 331. The lowest BCUT2D eigenvalue weighted by Gasteiger charge is -2.33. The lowest BCUT2D eigenvalue weighted by molar-refractivity contribution is -0.145. The topological polar surface area (TPSA) is 78.4 Å². The van der Waals surface area contributed by atoms with Gasteiger partial charge in [0.2, 0.25) is 0 Å². The molecule has 122 valence electrons. The maximum absolute atomic E-state index is 11.9. The van der Waals surface area contributed by atoms with Crippen molar-refractivity contribution in [1.82, 2.24) is 10.6 Å². The molecule has 0 spiro atoms. The molecule has 1 rings (SSSR count). The Hall–Kier alpha value is -0.910. The van der Waals surface area contributed by atoms with Gasteiger partial charge in [0.25, 0.3) is 0 Å². The molecule has 21 heavy (non-hydrogen) atoms. The number of aliphatic carboxylic acids is 1. The van der Waals surface area contributed by atoms with E-state index in [2.05, 4.69) is 16.9 Å². The van der Waals surface area contributed by atoms with Gasteiger partial charge in [-0.2, -0.15) is 11.8 Å². The van der Waals surface area contributed by atoms with Gasteiger partial charge in [-0.3, -0.25) is 0 Å². The van der Waals surface area contributed by atoms with Crippen LogP contribution in [0.1, 0.15) is 57.8 Å². The zero-order valence-electron chi connectivity index (χ0n) is 13.0. The normalized spacial score (nSPS) is 17.2. The fourth-order valence-electron chi connectivity index (χ4n) is 2.74. The Labute approximate surface area is 131 Å². The van der Waals surface area contributed by atoms with Crippen LogP contribution in [-0.2, 0) is 4.79 Å². The van der Waals surface area contributed by atoms with Crippen molar-refractivity contribution in [2.75, 3.05) is 18.6 Å². The molecular weight excluding hydrogens is 288 g/mol. The number of rotatable bonds is 9. The van der Waals surface area contributed by atoms with Gasteiger partial charge in [0.1, 0.15) is 5.54 Å². The van der Waals surface area contributed by atoms with Crippen molar-refractivity contribution in [3.05, 3.63) is 0 Å². The molecule has 2 amide bonds. The number of amides is 2. The Morgan fingerprint density at radius 1 is 1.10 bits per heavy atom. The maximum Gasteiger partial charge on any atom is 0.329 e. The summed E-state index contributed by atoms with van der Waals surface area (Å²) in [6, 6.07) is -0.344. The minimum Gasteiger partial charge on any atom is -0.480 e. The lowest BCUT2D eigenvalue weighted by Crippen LogP contribution is -2.58. The summed E-state index contributed by atoms with van der Waals surface area (Å²) in [5, 5.41) is 14.9. The highest BCUT2D eigenvalue weighted by molar-refractivity contribution is 7.98. The summed E-state index contributed by atoms with van der Waals surface area (Å²) in [4.78, 5) is 23.3. The van der Waals surface area contributed by atoms with Gasteiger partial charge in [0, 0.05) is 6.54 Å². The SMILES string of the molecule is CSCCCCCCNC(=O)NC1(C(=O)O)CCCCC1. The van der Waals surface area contributed by atoms with Crippen LogP contribution < -0.4 is 10.6 Å². The number of nitrogens with one attached hydrogen (secondary N) is 2. The van der Waals surface area contributed by atoms with Gasteiger partial charge in [-0.25, -0.2) is 9.59 Å². The summed E-state index contributed by atoms with van der Waals surface area (Å²) in [6.45, 7) is 0.612. The standard InChI is InChI=1S/C15H28N2O3S/c1-21-12-8-3-2-7-11-16-14(20)17-15(13(18)19)9-5-4-6-10-15/h2-12H2,1H3,(H,18,19)(H2,16,17,20). The molecule has 1 aliphatic carbocycles. The van der Waals surface area contributed by atoms with Gasteiger partial charge < -0.3 is 15.7 Å². The molecule has 5 nitrogen and oxygen atoms in total. The number of carbonyl (C=O) groups excluding carboxylic acids is 1. The van der Waals surface area contributed by atoms with E-state index in [-0.39, 0.29) is 6.03 Å². The minimum atomic E-state index is -1.05. The van der Waals surface area contributed by atoms with E-state index in [1.165, 1.54) is 18.6 Å². The number of hydrogen-bond acceptors (Lipinski definition) is 3. The van der Waals surface area contributed by atoms with E-state index in [0.717, 1.165) is 32.1 Å². The summed E-state index contributed by atoms with van der Waals surface area (Å²) in [6.07, 6.45) is 10.4. The second-order valence-electron chi connectivity index (χ2n) is 5.74. The third kappa shape index (κ3) is 6.59. The summed E-state index contributed by atoms with van der Waals surface area (Å²) in [5.74, 6) is 0.282. The van der Waals surface area contributed by atoms with Crippen molar-refractivity contribution in [2.24, 2.45) is 0 Å². The fourth-order valence-corrected chi connectivity index (χ4v) is 3.23. The molecule has 1 fully saturated rings. The van der Waals surface area contributed by atoms with Crippen molar-refractivity contribution in [1.29, 1.82) is 0 Å². The van der Waals surface area contributed by atoms with Gasteiger partial charge in [-0.1, -0.05) is 32.1 Å². The van der Waals surface area contributed by atoms with Crippen LogP contribution in [-0.4, -0.2) is 41.2 Å². The molecule has 0 radical (unpaired) electrons. The van der Waals surface area contributed by atoms with Gasteiger partial charge in [0.15, 0.2) is 0 Å². The highest BCUT2D eigenvalue weighted by atomic mass is 32.2. The van der Waals surface area contributed by atoms with Gasteiger partial charge in [-0.05, 0) is 37.7 Å². The second kappa shape index (κ2) is 9.92. The maximum atomic E-state index is 11.9. The average molecular weight is 316 g/mol. The molecular formula is C15H28N2O3S. The van der Waals surface area contributed by atoms with Crippen LogP contribution in [0.25, 0.3) is 0 Å². The molecule has 0 aliphatic heterocycles. The number of thioether (sulfide) groups is 1. The van der Waals surface area contributed by atoms with E-state index in [4.69, 9.17) is 0 Å². The zero-order valence-corrected chi connectivity index (χ0v) is 13.8. The monoisotopic (exact) mass is 316 g/mol. The molecule has 1 aliphatic rings. The lowest BCUT2D eigenvalue weighted by atomic mass is 9.82. The number of carboxylic acid groups (broad SMARTS) is 1. The average Bonchev–Trinajstić information content (AvgIpc) is 2.47. The first kappa shape index (κ1) is 18.1. The molecule has 1 saturated carbocycles. The molecule has 0 aromatic rings. The minimum absolute atomic E-state index is 0.344. The first-order valence-corrected chi connectivity index (χ1v) is 9.28. The van der Waals surface area contributed by atoms with Crippen LogP contribution >= 0.6 is 11.8 Å². The Kier molecular flexibility index (Phi) is 8.57. The van der Waals surface area contributed by atoms with Crippen molar-refractivity contribution in [3.63, 3.8) is 0 Å². The van der Waals surface area contributed by atoms with Crippen molar-refractivity contribution < 1.29 is 14.7 Å². The number of hydrogen-bond donors (Lipinski definition) is 3. The first-order chi connectivity index (χ1) is 10.1. The highest BCUT2D eigenvalue weighted by Crippen LogP contribution is 2.28. The van der Waals surface area contributed by atoms with Crippen LogP contribution in [0, 0.1) is 0 Å². The molecule has 6 heteroatoms. The Morgan fingerprint density at radius 3 is 2.38 bits per heavy atom. The molecule has 0 aromatic carbocycles. The van der Waals surface area contributed by atoms with E-state index in [1.54, 1.807) is 0 Å². The Balaban J connectivity index is 2.21. The van der Waals surface area contributed by atoms with Gasteiger partial charge in [0.05, 0.1) is 0 Å². The largest absolute Gasteiger partial charge is 0.480 e. The van der Waals surface area contributed by atoms with Crippen LogP contribution in [0.4, 0.5) is 4.79 Å². The third-order valence-corrected chi connectivity index (χ3v) is 4.73. The van der Waals surface area contributed by atoms with Crippen molar-refractivity contribution in [3.8, 4) is 0 Å². The third-order valence-electron chi connectivity index (χ3n) is 4.03. The first-order valence-electron chi connectivity index (χ1n) is 7.89. The molecule has 0 bridgehead atoms.